The summed E-state index contributed by atoms with van der Waals surface area (Å²) in [6.45, 7) is 0.338. The first-order valence-corrected chi connectivity index (χ1v) is 9.05. The first-order chi connectivity index (χ1) is 11.9. The fourth-order valence-electron chi connectivity index (χ4n) is 3.82. The predicted molar refractivity (Wildman–Crippen MR) is 90.1 cm³/mol. The highest BCUT2D eigenvalue weighted by Crippen LogP contribution is 2.56. The number of likely N-dealkylation sites (tertiary alicyclic amines) is 1. The molecule has 132 valence electrons. The first-order valence-electron chi connectivity index (χ1n) is 8.24. The van der Waals surface area contributed by atoms with Gasteiger partial charge in [0.2, 0.25) is 5.91 Å². The van der Waals surface area contributed by atoms with Crippen LogP contribution >= 0.6 is 11.8 Å². The van der Waals surface area contributed by atoms with E-state index >= 15 is 0 Å². The first kappa shape index (κ1) is 16.4. The molecule has 0 bridgehead atoms. The van der Waals surface area contributed by atoms with E-state index in [4.69, 9.17) is 5.11 Å². The van der Waals surface area contributed by atoms with E-state index in [0.717, 1.165) is 10.6 Å². The molecule has 0 spiro atoms. The number of fused-ring (bicyclic) bond motifs is 3. The average molecular weight is 362 g/mol. The number of benzene rings is 1. The monoisotopic (exact) mass is 362 g/mol. The lowest BCUT2D eigenvalue weighted by Crippen LogP contribution is -2.58. The molecule has 7 nitrogen and oxygen atoms in total. The van der Waals surface area contributed by atoms with Crippen molar-refractivity contribution >= 4 is 35.2 Å². The van der Waals surface area contributed by atoms with Gasteiger partial charge < -0.3 is 15.1 Å². The molecule has 2 N–H and O–H groups in total. The number of thioether (sulfide) groups is 1. The van der Waals surface area contributed by atoms with Crippen molar-refractivity contribution in [2.75, 3.05) is 18.0 Å². The highest BCUT2D eigenvalue weighted by molar-refractivity contribution is 8.02. The maximum atomic E-state index is 13.3. The van der Waals surface area contributed by atoms with Gasteiger partial charge in [-0.25, -0.2) is 4.79 Å². The van der Waals surface area contributed by atoms with Gasteiger partial charge in [-0.15, -0.1) is 0 Å². The smallest absolute Gasteiger partial charge is 0.335 e. The Labute approximate surface area is 148 Å². The van der Waals surface area contributed by atoms with E-state index in [2.05, 4.69) is 0 Å². The summed E-state index contributed by atoms with van der Waals surface area (Å²) >= 11 is 1.40. The zero-order valence-electron chi connectivity index (χ0n) is 13.5. The van der Waals surface area contributed by atoms with E-state index in [1.165, 1.54) is 11.8 Å². The standard InChI is InChI=1S/C17H18N2O5S/c20-13-5-6-17(19(13)11-3-1-2-4-12(11)25-17)14(21)18-9-7-16(24,8-10-18)15(22)23/h1-4,24H,5-10H2,(H,22,23). The largest absolute Gasteiger partial charge is 0.479 e. The summed E-state index contributed by atoms with van der Waals surface area (Å²) in [4.78, 5) is 40.0. The number of carbonyl (C=O) groups is 3. The van der Waals surface area contributed by atoms with Gasteiger partial charge >= 0.3 is 5.97 Å². The normalized spacial score (nSPS) is 27.2. The second kappa shape index (κ2) is 5.47. The summed E-state index contributed by atoms with van der Waals surface area (Å²) in [6.07, 6.45) is 0.745. The molecule has 1 aromatic rings. The number of nitrogens with zero attached hydrogens (tertiary/aromatic N) is 2. The highest BCUT2D eigenvalue weighted by Gasteiger charge is 2.59. The average Bonchev–Trinajstić information content (AvgIpc) is 3.11. The molecule has 3 aliphatic heterocycles. The molecule has 2 fully saturated rings. The fourth-order valence-corrected chi connectivity index (χ4v) is 5.31. The minimum Gasteiger partial charge on any atom is -0.479 e. The Morgan fingerprint density at radius 1 is 1.12 bits per heavy atom. The van der Waals surface area contributed by atoms with Gasteiger partial charge in [0, 0.05) is 37.2 Å². The molecule has 2 saturated heterocycles. The van der Waals surface area contributed by atoms with Crippen molar-refractivity contribution in [3.05, 3.63) is 24.3 Å². The molecule has 8 heteroatoms. The van der Waals surface area contributed by atoms with Crippen LogP contribution in [0.25, 0.3) is 0 Å². The minimum atomic E-state index is -1.77. The van der Waals surface area contributed by atoms with Crippen LogP contribution in [0.2, 0.25) is 0 Å². The van der Waals surface area contributed by atoms with Gasteiger partial charge in [-0.05, 0) is 18.6 Å². The van der Waals surface area contributed by atoms with Crippen molar-refractivity contribution in [2.24, 2.45) is 0 Å². The van der Waals surface area contributed by atoms with Gasteiger partial charge in [0.25, 0.3) is 5.91 Å². The third-order valence-corrected chi connectivity index (χ3v) is 6.75. The number of amides is 2. The quantitative estimate of drug-likeness (QED) is 0.816. The number of hydrogen-bond acceptors (Lipinski definition) is 5. The molecule has 1 aromatic carbocycles. The van der Waals surface area contributed by atoms with E-state index in [0.29, 0.717) is 12.8 Å². The van der Waals surface area contributed by atoms with Crippen LogP contribution in [-0.2, 0) is 14.4 Å². The molecule has 0 aliphatic carbocycles. The second-order valence-corrected chi connectivity index (χ2v) is 8.03. The molecule has 0 aromatic heterocycles. The van der Waals surface area contributed by atoms with Gasteiger partial charge in [0.05, 0.1) is 5.69 Å². The van der Waals surface area contributed by atoms with Gasteiger partial charge in [-0.3, -0.25) is 14.5 Å². The van der Waals surface area contributed by atoms with E-state index in [1.54, 1.807) is 9.80 Å². The number of piperidine rings is 1. The van der Waals surface area contributed by atoms with E-state index in [1.807, 2.05) is 24.3 Å². The SMILES string of the molecule is O=C1CCC2(C(=O)N3CCC(O)(C(=O)O)CC3)Sc3ccccc3N12. The number of carbonyl (C=O) groups excluding carboxylic acids is 2. The Bertz CT molecular complexity index is 774. The Morgan fingerprint density at radius 3 is 2.48 bits per heavy atom. The van der Waals surface area contributed by atoms with Gasteiger partial charge in [-0.2, -0.15) is 0 Å². The van der Waals surface area contributed by atoms with Crippen molar-refractivity contribution < 1.29 is 24.6 Å². The lowest BCUT2D eigenvalue weighted by Gasteiger charge is -2.40. The van der Waals surface area contributed by atoms with Crippen LogP contribution in [0.4, 0.5) is 5.69 Å². The molecular weight excluding hydrogens is 344 g/mol. The van der Waals surface area contributed by atoms with Crippen molar-refractivity contribution in [3.8, 4) is 0 Å². The summed E-state index contributed by atoms with van der Waals surface area (Å²) in [5.74, 6) is -1.49. The lowest BCUT2D eigenvalue weighted by molar-refractivity contribution is -0.165. The number of para-hydroxylation sites is 1. The van der Waals surface area contributed by atoms with Crippen LogP contribution < -0.4 is 4.90 Å². The summed E-state index contributed by atoms with van der Waals surface area (Å²) in [5, 5.41) is 19.2. The summed E-state index contributed by atoms with van der Waals surface area (Å²) in [5.41, 5.74) is -1.01. The molecule has 3 heterocycles. The second-order valence-electron chi connectivity index (χ2n) is 6.71. The number of hydrogen-bond donors (Lipinski definition) is 2. The van der Waals surface area contributed by atoms with Gasteiger partial charge in [0.15, 0.2) is 10.5 Å². The molecule has 4 rings (SSSR count). The molecule has 1 atom stereocenters. The maximum absolute atomic E-state index is 13.3. The number of aliphatic hydroxyl groups is 1. The van der Waals surface area contributed by atoms with Gasteiger partial charge in [-0.1, -0.05) is 23.9 Å². The Morgan fingerprint density at radius 2 is 1.80 bits per heavy atom. The number of rotatable bonds is 2. The van der Waals surface area contributed by atoms with Gasteiger partial charge in [0.1, 0.15) is 0 Å². The van der Waals surface area contributed by atoms with Crippen LogP contribution in [0, 0.1) is 0 Å². The van der Waals surface area contributed by atoms with E-state index in [-0.39, 0.29) is 37.7 Å². The Balaban J connectivity index is 1.61. The lowest BCUT2D eigenvalue weighted by atomic mass is 9.91. The Kier molecular flexibility index (Phi) is 3.59. The predicted octanol–water partition coefficient (Wildman–Crippen LogP) is 1.05. The maximum Gasteiger partial charge on any atom is 0.335 e. The fraction of sp³-hybridized carbons (Fsp3) is 0.471. The van der Waals surface area contributed by atoms with Crippen LogP contribution in [0.3, 0.4) is 0 Å². The minimum absolute atomic E-state index is 0.00425. The third kappa shape index (κ3) is 2.27. The van der Waals surface area contributed by atoms with Crippen molar-refractivity contribution in [1.82, 2.24) is 4.90 Å². The number of aliphatic carboxylic acids is 1. The highest BCUT2D eigenvalue weighted by atomic mass is 32.2. The van der Waals surface area contributed by atoms with E-state index < -0.39 is 16.4 Å². The molecule has 0 radical (unpaired) electrons. The summed E-state index contributed by atoms with van der Waals surface area (Å²) in [7, 11) is 0. The van der Waals surface area contributed by atoms with Crippen LogP contribution in [0.1, 0.15) is 25.7 Å². The molecule has 1 unspecified atom stereocenters. The molecule has 2 amide bonds. The third-order valence-electron chi connectivity index (χ3n) is 5.28. The topological polar surface area (TPSA) is 98.2 Å². The van der Waals surface area contributed by atoms with E-state index in [9.17, 15) is 19.5 Å². The molecule has 0 saturated carbocycles. The molecule has 25 heavy (non-hydrogen) atoms. The summed E-state index contributed by atoms with van der Waals surface area (Å²) in [6, 6.07) is 7.48. The van der Waals surface area contributed by atoms with Crippen LogP contribution in [0.5, 0.6) is 0 Å². The molecular formula is C17H18N2O5S. The number of carboxylic acid groups (broad SMARTS) is 1. The van der Waals surface area contributed by atoms with Crippen LogP contribution in [-0.4, -0.2) is 56.5 Å². The van der Waals surface area contributed by atoms with Crippen molar-refractivity contribution in [1.29, 1.82) is 0 Å². The van der Waals surface area contributed by atoms with Crippen molar-refractivity contribution in [3.63, 3.8) is 0 Å². The summed E-state index contributed by atoms with van der Waals surface area (Å²) < 4.78 is 0. The zero-order chi connectivity index (χ0) is 17.8. The van der Waals surface area contributed by atoms with Crippen LogP contribution in [0.15, 0.2) is 29.2 Å². The Hall–Kier alpha value is -2.06. The molecule has 3 aliphatic rings. The number of anilines is 1. The zero-order valence-corrected chi connectivity index (χ0v) is 14.3. The van der Waals surface area contributed by atoms with Crippen molar-refractivity contribution in [2.45, 2.75) is 41.1 Å². The number of carboxylic acids is 1.